The first-order valence-electron chi connectivity index (χ1n) is 8.24. The SMILES string of the molecule is CN(C)c1cc(C(F)(F)F)nc(NCC(Cc2ccccc2)N(C)C)n1. The summed E-state index contributed by atoms with van der Waals surface area (Å²) in [7, 11) is 7.16. The fourth-order valence-electron chi connectivity index (χ4n) is 2.42. The molecule has 142 valence electrons. The number of benzene rings is 1. The van der Waals surface area contributed by atoms with Gasteiger partial charge in [0.15, 0.2) is 5.69 Å². The summed E-state index contributed by atoms with van der Waals surface area (Å²) in [5, 5.41) is 2.96. The van der Waals surface area contributed by atoms with Crippen LogP contribution >= 0.6 is 0 Å². The minimum absolute atomic E-state index is 0.0246. The number of halogens is 3. The van der Waals surface area contributed by atoms with Crippen LogP contribution in [-0.4, -0.2) is 55.6 Å². The summed E-state index contributed by atoms with van der Waals surface area (Å²) in [6.07, 6.45) is -3.75. The van der Waals surface area contributed by atoms with Crippen molar-refractivity contribution in [3.05, 3.63) is 47.7 Å². The number of likely N-dealkylation sites (N-methyl/N-ethyl adjacent to an activating group) is 1. The smallest absolute Gasteiger partial charge is 0.363 e. The van der Waals surface area contributed by atoms with Crippen LogP contribution in [0.1, 0.15) is 11.3 Å². The van der Waals surface area contributed by atoms with Crippen molar-refractivity contribution in [2.75, 3.05) is 45.0 Å². The van der Waals surface area contributed by atoms with E-state index in [1.807, 2.05) is 49.3 Å². The molecule has 1 atom stereocenters. The van der Waals surface area contributed by atoms with Gasteiger partial charge in [-0.3, -0.25) is 0 Å². The van der Waals surface area contributed by atoms with Gasteiger partial charge in [-0.1, -0.05) is 30.3 Å². The number of hydrogen-bond donors (Lipinski definition) is 1. The lowest BCUT2D eigenvalue weighted by molar-refractivity contribution is -0.141. The van der Waals surface area contributed by atoms with E-state index >= 15 is 0 Å². The minimum Gasteiger partial charge on any atom is -0.363 e. The van der Waals surface area contributed by atoms with Crippen molar-refractivity contribution in [3.63, 3.8) is 0 Å². The second-order valence-electron chi connectivity index (χ2n) is 6.52. The van der Waals surface area contributed by atoms with E-state index in [1.54, 1.807) is 14.1 Å². The van der Waals surface area contributed by atoms with E-state index < -0.39 is 11.9 Å². The number of nitrogens with one attached hydrogen (secondary N) is 1. The van der Waals surface area contributed by atoms with Gasteiger partial charge in [0.1, 0.15) is 5.82 Å². The van der Waals surface area contributed by atoms with Gasteiger partial charge < -0.3 is 15.1 Å². The van der Waals surface area contributed by atoms with Gasteiger partial charge in [0, 0.05) is 32.7 Å². The van der Waals surface area contributed by atoms with Crippen LogP contribution in [0.3, 0.4) is 0 Å². The second kappa shape index (κ2) is 8.35. The third-order valence-corrected chi connectivity index (χ3v) is 4.00. The van der Waals surface area contributed by atoms with Gasteiger partial charge in [-0.05, 0) is 26.1 Å². The third-order valence-electron chi connectivity index (χ3n) is 4.00. The molecule has 1 heterocycles. The van der Waals surface area contributed by atoms with E-state index in [0.717, 1.165) is 18.1 Å². The van der Waals surface area contributed by atoms with Crippen LogP contribution in [0, 0.1) is 0 Å². The molecule has 1 N–H and O–H groups in total. The van der Waals surface area contributed by atoms with Gasteiger partial charge >= 0.3 is 6.18 Å². The van der Waals surface area contributed by atoms with Gasteiger partial charge in [-0.25, -0.2) is 4.98 Å². The highest BCUT2D eigenvalue weighted by Gasteiger charge is 2.34. The van der Waals surface area contributed by atoms with Crippen LogP contribution in [0.15, 0.2) is 36.4 Å². The van der Waals surface area contributed by atoms with Crippen molar-refractivity contribution in [3.8, 4) is 0 Å². The third kappa shape index (κ3) is 5.59. The number of rotatable bonds is 7. The Morgan fingerprint density at radius 2 is 1.69 bits per heavy atom. The van der Waals surface area contributed by atoms with E-state index in [0.29, 0.717) is 6.54 Å². The molecule has 0 saturated carbocycles. The standard InChI is InChI=1S/C18H24F3N5/c1-25(2)14(10-13-8-6-5-7-9-13)12-22-17-23-15(18(19,20)21)11-16(24-17)26(3)4/h5-9,11,14H,10,12H2,1-4H3,(H,22,23,24). The highest BCUT2D eigenvalue weighted by molar-refractivity contribution is 5.44. The van der Waals surface area contributed by atoms with Gasteiger partial charge in [0.2, 0.25) is 5.95 Å². The van der Waals surface area contributed by atoms with E-state index in [-0.39, 0.29) is 17.8 Å². The van der Waals surface area contributed by atoms with Gasteiger partial charge in [0.25, 0.3) is 0 Å². The van der Waals surface area contributed by atoms with Crippen LogP contribution < -0.4 is 10.2 Å². The molecule has 26 heavy (non-hydrogen) atoms. The van der Waals surface area contributed by atoms with E-state index in [4.69, 9.17) is 0 Å². The van der Waals surface area contributed by atoms with Crippen LogP contribution in [0.25, 0.3) is 0 Å². The maximum Gasteiger partial charge on any atom is 0.433 e. The fourth-order valence-corrected chi connectivity index (χ4v) is 2.42. The predicted molar refractivity (Wildman–Crippen MR) is 97.5 cm³/mol. The summed E-state index contributed by atoms with van der Waals surface area (Å²) in [5.74, 6) is 0.183. The highest BCUT2D eigenvalue weighted by atomic mass is 19.4. The first-order valence-corrected chi connectivity index (χ1v) is 8.24. The Kier molecular flexibility index (Phi) is 6.42. The Morgan fingerprint density at radius 3 is 2.23 bits per heavy atom. The second-order valence-corrected chi connectivity index (χ2v) is 6.52. The lowest BCUT2D eigenvalue weighted by atomic mass is 10.1. The number of hydrogen-bond acceptors (Lipinski definition) is 5. The molecule has 0 aliphatic carbocycles. The molecule has 0 radical (unpaired) electrons. The average molecular weight is 367 g/mol. The summed E-state index contributed by atoms with van der Waals surface area (Å²) in [4.78, 5) is 11.4. The number of nitrogens with zero attached hydrogens (tertiary/aromatic N) is 4. The number of anilines is 2. The Labute approximate surface area is 151 Å². The topological polar surface area (TPSA) is 44.3 Å². The summed E-state index contributed by atoms with van der Waals surface area (Å²) >= 11 is 0. The normalized spacial score (nSPS) is 12.9. The van der Waals surface area contributed by atoms with E-state index in [2.05, 4.69) is 15.3 Å². The van der Waals surface area contributed by atoms with Gasteiger partial charge in [-0.2, -0.15) is 18.2 Å². The summed E-state index contributed by atoms with van der Waals surface area (Å²) in [5.41, 5.74) is 0.204. The molecule has 0 amide bonds. The molecule has 0 saturated heterocycles. The van der Waals surface area contributed by atoms with Crippen molar-refractivity contribution >= 4 is 11.8 Å². The summed E-state index contributed by atoms with van der Waals surface area (Å²) in [6, 6.07) is 11.0. The molecule has 2 rings (SSSR count). The quantitative estimate of drug-likeness (QED) is 0.815. The van der Waals surface area contributed by atoms with Crippen molar-refractivity contribution in [1.82, 2.24) is 14.9 Å². The predicted octanol–water partition coefficient (Wildman–Crippen LogP) is 3.15. The molecule has 1 aromatic carbocycles. The molecule has 0 bridgehead atoms. The van der Waals surface area contributed by atoms with Crippen molar-refractivity contribution in [1.29, 1.82) is 0 Å². The van der Waals surface area contributed by atoms with E-state index in [9.17, 15) is 13.2 Å². The Bertz CT molecular complexity index is 702. The maximum absolute atomic E-state index is 13.1. The zero-order valence-corrected chi connectivity index (χ0v) is 15.4. The van der Waals surface area contributed by atoms with Crippen molar-refractivity contribution in [2.45, 2.75) is 18.6 Å². The van der Waals surface area contributed by atoms with Crippen molar-refractivity contribution in [2.24, 2.45) is 0 Å². The number of alkyl halides is 3. The lowest BCUT2D eigenvalue weighted by Gasteiger charge is -2.25. The van der Waals surface area contributed by atoms with Crippen LogP contribution in [0.4, 0.5) is 24.9 Å². The zero-order chi connectivity index (χ0) is 19.3. The van der Waals surface area contributed by atoms with Crippen molar-refractivity contribution < 1.29 is 13.2 Å². The van der Waals surface area contributed by atoms with Crippen LogP contribution in [0.5, 0.6) is 0 Å². The Morgan fingerprint density at radius 1 is 1.04 bits per heavy atom. The lowest BCUT2D eigenvalue weighted by Crippen LogP contribution is -2.36. The van der Waals surface area contributed by atoms with Crippen LogP contribution in [-0.2, 0) is 12.6 Å². The molecular weight excluding hydrogens is 343 g/mol. The van der Waals surface area contributed by atoms with Crippen LogP contribution in [0.2, 0.25) is 0 Å². The molecule has 8 heteroatoms. The van der Waals surface area contributed by atoms with Gasteiger partial charge in [0.05, 0.1) is 0 Å². The zero-order valence-electron chi connectivity index (χ0n) is 15.4. The molecule has 0 aliphatic heterocycles. The molecular formula is C18H24F3N5. The number of aromatic nitrogens is 2. The molecule has 0 spiro atoms. The Balaban J connectivity index is 2.16. The highest BCUT2D eigenvalue weighted by Crippen LogP contribution is 2.30. The van der Waals surface area contributed by atoms with E-state index in [1.165, 1.54) is 4.90 Å². The molecule has 2 aromatic rings. The molecule has 0 fully saturated rings. The monoisotopic (exact) mass is 367 g/mol. The maximum atomic E-state index is 13.1. The molecule has 0 aliphatic rings. The first kappa shape index (κ1) is 20.0. The fraction of sp³-hybridized carbons (Fsp3) is 0.444. The minimum atomic E-state index is -4.52. The summed E-state index contributed by atoms with van der Waals surface area (Å²) in [6.45, 7) is 0.427. The first-order chi connectivity index (χ1) is 12.2. The average Bonchev–Trinajstić information content (AvgIpc) is 2.58. The molecule has 1 unspecified atom stereocenters. The summed E-state index contributed by atoms with van der Waals surface area (Å²) < 4.78 is 39.2. The molecule has 5 nitrogen and oxygen atoms in total. The van der Waals surface area contributed by atoms with Gasteiger partial charge in [-0.15, -0.1) is 0 Å². The Hall–Kier alpha value is -2.35. The molecule has 1 aromatic heterocycles. The largest absolute Gasteiger partial charge is 0.433 e.